The summed E-state index contributed by atoms with van der Waals surface area (Å²) >= 11 is 0. The molecule has 0 saturated carbocycles. The SMILES string of the molecule is CCOC(CN1CCCCC1CC)C(=O)O. The van der Waals surface area contributed by atoms with Gasteiger partial charge in [0.2, 0.25) is 0 Å². The zero-order valence-corrected chi connectivity index (χ0v) is 10.3. The van der Waals surface area contributed by atoms with E-state index in [1.807, 2.05) is 6.92 Å². The third kappa shape index (κ3) is 3.76. The Hall–Kier alpha value is -0.610. The van der Waals surface area contributed by atoms with Crippen molar-refractivity contribution in [3.05, 3.63) is 0 Å². The zero-order chi connectivity index (χ0) is 12.0. The number of likely N-dealkylation sites (tertiary alicyclic amines) is 1. The number of hydrogen-bond donors (Lipinski definition) is 1. The number of carboxylic acid groups (broad SMARTS) is 1. The summed E-state index contributed by atoms with van der Waals surface area (Å²) in [7, 11) is 0. The van der Waals surface area contributed by atoms with Gasteiger partial charge < -0.3 is 9.84 Å². The Kier molecular flexibility index (Phi) is 5.77. The van der Waals surface area contributed by atoms with E-state index in [9.17, 15) is 4.79 Å². The van der Waals surface area contributed by atoms with Gasteiger partial charge in [0, 0.05) is 19.2 Å². The van der Waals surface area contributed by atoms with Gasteiger partial charge in [-0.2, -0.15) is 0 Å². The van der Waals surface area contributed by atoms with Crippen molar-refractivity contribution in [2.45, 2.75) is 51.7 Å². The van der Waals surface area contributed by atoms with Gasteiger partial charge in [0.1, 0.15) is 0 Å². The molecule has 0 radical (unpaired) electrons. The van der Waals surface area contributed by atoms with E-state index < -0.39 is 12.1 Å². The Balaban J connectivity index is 2.50. The Bertz CT molecular complexity index is 220. The normalized spacial score (nSPS) is 24.2. The van der Waals surface area contributed by atoms with E-state index >= 15 is 0 Å². The molecule has 1 aliphatic rings. The van der Waals surface area contributed by atoms with Crippen LogP contribution in [0.4, 0.5) is 0 Å². The lowest BCUT2D eigenvalue weighted by atomic mass is 9.99. The molecule has 0 aliphatic carbocycles. The average Bonchev–Trinajstić information content (AvgIpc) is 2.29. The highest BCUT2D eigenvalue weighted by Gasteiger charge is 2.27. The summed E-state index contributed by atoms with van der Waals surface area (Å²) in [5.74, 6) is -0.845. The van der Waals surface area contributed by atoms with Crippen molar-refractivity contribution < 1.29 is 14.6 Å². The van der Waals surface area contributed by atoms with Gasteiger partial charge in [-0.3, -0.25) is 4.90 Å². The van der Waals surface area contributed by atoms with E-state index in [0.29, 0.717) is 19.2 Å². The van der Waals surface area contributed by atoms with Crippen LogP contribution in [0.15, 0.2) is 0 Å². The van der Waals surface area contributed by atoms with Gasteiger partial charge >= 0.3 is 5.97 Å². The van der Waals surface area contributed by atoms with Crippen LogP contribution in [0.3, 0.4) is 0 Å². The maximum atomic E-state index is 11.0. The molecule has 1 rings (SSSR count). The number of piperidine rings is 1. The predicted molar refractivity (Wildman–Crippen MR) is 62.6 cm³/mol. The summed E-state index contributed by atoms with van der Waals surface area (Å²) in [4.78, 5) is 13.3. The number of hydrogen-bond acceptors (Lipinski definition) is 3. The molecule has 0 aromatic heterocycles. The molecule has 1 fully saturated rings. The molecule has 94 valence electrons. The summed E-state index contributed by atoms with van der Waals surface area (Å²) in [5.41, 5.74) is 0. The third-order valence-corrected chi connectivity index (χ3v) is 3.26. The first-order chi connectivity index (χ1) is 7.69. The Morgan fingerprint density at radius 2 is 2.25 bits per heavy atom. The Labute approximate surface area is 97.6 Å². The minimum atomic E-state index is -0.845. The van der Waals surface area contributed by atoms with Crippen LogP contribution < -0.4 is 0 Å². The van der Waals surface area contributed by atoms with Crippen LogP contribution in [0.25, 0.3) is 0 Å². The molecule has 0 bridgehead atoms. The molecule has 0 amide bonds. The molecule has 0 spiro atoms. The van der Waals surface area contributed by atoms with Crippen LogP contribution in [0.2, 0.25) is 0 Å². The number of nitrogens with zero attached hydrogens (tertiary/aromatic N) is 1. The lowest BCUT2D eigenvalue weighted by Crippen LogP contribution is -2.46. The molecule has 16 heavy (non-hydrogen) atoms. The van der Waals surface area contributed by atoms with Gasteiger partial charge in [-0.1, -0.05) is 13.3 Å². The standard InChI is InChI=1S/C12H23NO3/c1-3-10-7-5-6-8-13(10)9-11(12(14)15)16-4-2/h10-11H,3-9H2,1-2H3,(H,14,15). The first-order valence-corrected chi connectivity index (χ1v) is 6.27. The highest BCUT2D eigenvalue weighted by atomic mass is 16.5. The molecule has 1 heterocycles. The van der Waals surface area contributed by atoms with Gasteiger partial charge in [-0.25, -0.2) is 4.79 Å². The number of aliphatic carboxylic acids is 1. The van der Waals surface area contributed by atoms with Crippen molar-refractivity contribution >= 4 is 5.97 Å². The van der Waals surface area contributed by atoms with Crippen LogP contribution in [-0.2, 0) is 9.53 Å². The minimum absolute atomic E-state index is 0.460. The summed E-state index contributed by atoms with van der Waals surface area (Å²) in [5, 5.41) is 9.04. The molecule has 1 aliphatic heterocycles. The molecule has 4 heteroatoms. The second kappa shape index (κ2) is 6.86. The lowest BCUT2D eigenvalue weighted by Gasteiger charge is -2.36. The molecular formula is C12H23NO3. The second-order valence-corrected chi connectivity index (χ2v) is 4.34. The number of rotatable bonds is 6. The maximum absolute atomic E-state index is 11.0. The highest BCUT2D eigenvalue weighted by molar-refractivity contribution is 5.72. The van der Waals surface area contributed by atoms with Crippen LogP contribution in [-0.4, -0.2) is 47.8 Å². The van der Waals surface area contributed by atoms with Crippen LogP contribution >= 0.6 is 0 Å². The monoisotopic (exact) mass is 229 g/mol. The number of ether oxygens (including phenoxy) is 1. The number of carboxylic acids is 1. The number of carbonyl (C=O) groups is 1. The van der Waals surface area contributed by atoms with Gasteiger partial charge in [0.05, 0.1) is 0 Å². The average molecular weight is 229 g/mol. The fourth-order valence-corrected chi connectivity index (χ4v) is 2.38. The first-order valence-electron chi connectivity index (χ1n) is 6.27. The van der Waals surface area contributed by atoms with E-state index in [1.165, 1.54) is 19.3 Å². The molecule has 4 nitrogen and oxygen atoms in total. The molecule has 1 N–H and O–H groups in total. The molecule has 0 aromatic carbocycles. The maximum Gasteiger partial charge on any atom is 0.334 e. The Morgan fingerprint density at radius 1 is 1.50 bits per heavy atom. The van der Waals surface area contributed by atoms with Crippen LogP contribution in [0.1, 0.15) is 39.5 Å². The fourth-order valence-electron chi connectivity index (χ4n) is 2.38. The molecule has 1 saturated heterocycles. The predicted octanol–water partition coefficient (Wildman–Crippen LogP) is 1.74. The van der Waals surface area contributed by atoms with E-state index in [-0.39, 0.29) is 0 Å². The Morgan fingerprint density at radius 3 is 2.81 bits per heavy atom. The van der Waals surface area contributed by atoms with Gasteiger partial charge in [-0.15, -0.1) is 0 Å². The molecule has 2 atom stereocenters. The smallest absolute Gasteiger partial charge is 0.334 e. The van der Waals surface area contributed by atoms with Crippen molar-refractivity contribution in [3.8, 4) is 0 Å². The molecule has 2 unspecified atom stereocenters. The quantitative estimate of drug-likeness (QED) is 0.753. The fraction of sp³-hybridized carbons (Fsp3) is 0.917. The van der Waals surface area contributed by atoms with Crippen LogP contribution in [0, 0.1) is 0 Å². The second-order valence-electron chi connectivity index (χ2n) is 4.34. The van der Waals surface area contributed by atoms with Crippen molar-refractivity contribution in [2.24, 2.45) is 0 Å². The van der Waals surface area contributed by atoms with Crippen LogP contribution in [0.5, 0.6) is 0 Å². The van der Waals surface area contributed by atoms with E-state index in [1.54, 1.807) is 0 Å². The van der Waals surface area contributed by atoms with E-state index in [0.717, 1.165) is 13.0 Å². The summed E-state index contributed by atoms with van der Waals surface area (Å²) in [6.07, 6.45) is 4.06. The van der Waals surface area contributed by atoms with Gasteiger partial charge in [-0.05, 0) is 32.7 Å². The summed E-state index contributed by atoms with van der Waals surface area (Å²) < 4.78 is 5.26. The topological polar surface area (TPSA) is 49.8 Å². The minimum Gasteiger partial charge on any atom is -0.479 e. The first kappa shape index (κ1) is 13.5. The summed E-state index contributed by atoms with van der Waals surface area (Å²) in [6, 6.07) is 0.538. The summed E-state index contributed by atoms with van der Waals surface area (Å²) in [6.45, 7) is 6.00. The van der Waals surface area contributed by atoms with Crippen molar-refractivity contribution in [2.75, 3.05) is 19.7 Å². The van der Waals surface area contributed by atoms with Crippen molar-refractivity contribution in [3.63, 3.8) is 0 Å². The largest absolute Gasteiger partial charge is 0.479 e. The van der Waals surface area contributed by atoms with Gasteiger partial charge in [0.25, 0.3) is 0 Å². The zero-order valence-electron chi connectivity index (χ0n) is 10.3. The van der Waals surface area contributed by atoms with E-state index in [4.69, 9.17) is 9.84 Å². The van der Waals surface area contributed by atoms with Crippen molar-refractivity contribution in [1.82, 2.24) is 4.90 Å². The molecular weight excluding hydrogens is 206 g/mol. The molecule has 0 aromatic rings. The van der Waals surface area contributed by atoms with Crippen molar-refractivity contribution in [1.29, 1.82) is 0 Å². The lowest BCUT2D eigenvalue weighted by molar-refractivity contribution is -0.152. The third-order valence-electron chi connectivity index (χ3n) is 3.26. The van der Waals surface area contributed by atoms with E-state index in [2.05, 4.69) is 11.8 Å². The highest BCUT2D eigenvalue weighted by Crippen LogP contribution is 2.19. The van der Waals surface area contributed by atoms with Gasteiger partial charge in [0.15, 0.2) is 6.10 Å².